The molecule has 1 aromatic carbocycles. The maximum atomic E-state index is 13.1. The molecule has 11 heteroatoms. The summed E-state index contributed by atoms with van der Waals surface area (Å²) in [7, 11) is 0. The molecule has 3 rings (SSSR count). The monoisotopic (exact) mass is 428 g/mol. The average molecular weight is 428 g/mol. The molecule has 2 aliphatic heterocycles. The molecule has 1 aromatic rings. The van der Waals surface area contributed by atoms with Crippen LogP contribution in [0.15, 0.2) is 36.1 Å². The van der Waals surface area contributed by atoms with Gasteiger partial charge >= 0.3 is 0 Å². The molecule has 1 radical (unpaired) electrons. The van der Waals surface area contributed by atoms with Gasteiger partial charge in [-0.05, 0) is 30.5 Å². The summed E-state index contributed by atoms with van der Waals surface area (Å²) in [5.74, 6) is -2.09. The van der Waals surface area contributed by atoms with Crippen molar-refractivity contribution in [2.24, 2.45) is 5.73 Å². The second kappa shape index (κ2) is 8.80. The molecule has 2 heterocycles. The van der Waals surface area contributed by atoms with Crippen LogP contribution in [0.1, 0.15) is 29.3 Å². The molecule has 3 atom stereocenters. The van der Waals surface area contributed by atoms with Gasteiger partial charge in [-0.1, -0.05) is 12.1 Å². The van der Waals surface area contributed by atoms with E-state index in [-0.39, 0.29) is 53.0 Å². The predicted octanol–water partition coefficient (Wildman–Crippen LogP) is 0.374. The minimum atomic E-state index is -2.54. The molecule has 0 aromatic heterocycles. The second-order valence-corrected chi connectivity index (χ2v) is 7.64. The third kappa shape index (κ3) is 4.17. The number of nitrogens with zero attached hydrogens (tertiary/aromatic N) is 2. The van der Waals surface area contributed by atoms with E-state index in [1.165, 1.54) is 36.2 Å². The number of primary amides is 1. The van der Waals surface area contributed by atoms with Gasteiger partial charge < -0.3 is 20.3 Å². The number of aromatic hydroxyl groups is 1. The summed E-state index contributed by atoms with van der Waals surface area (Å²) in [5, 5.41) is 9.23. The van der Waals surface area contributed by atoms with Crippen LogP contribution in [-0.2, 0) is 20.7 Å². The van der Waals surface area contributed by atoms with Crippen LogP contribution in [0.3, 0.4) is 0 Å². The Kier molecular flexibility index (Phi) is 7.07. The Labute approximate surface area is 191 Å². The Morgan fingerprint density at radius 1 is 1.34 bits per heavy atom. The van der Waals surface area contributed by atoms with Gasteiger partial charge in [0.2, 0.25) is 11.8 Å². The second-order valence-electron chi connectivity index (χ2n) is 6.61. The molecular weight excluding hydrogens is 409 g/mol. The zero-order valence-electron chi connectivity index (χ0n) is 16.2. The molecule has 0 fully saturated rings. The molecule has 0 aliphatic carbocycles. The number of nitrogens with two attached hydrogens (primary N) is 1. The summed E-state index contributed by atoms with van der Waals surface area (Å²) >= 11 is -2.54. The van der Waals surface area contributed by atoms with E-state index in [2.05, 4.69) is 0 Å². The maximum Gasteiger partial charge on any atom is 0.260 e. The van der Waals surface area contributed by atoms with Gasteiger partial charge in [0.15, 0.2) is 16.5 Å². The summed E-state index contributed by atoms with van der Waals surface area (Å²) < 4.78 is 22.2. The van der Waals surface area contributed by atoms with Gasteiger partial charge in [-0.15, -0.1) is 0 Å². The van der Waals surface area contributed by atoms with Crippen molar-refractivity contribution < 1.29 is 28.3 Å². The van der Waals surface area contributed by atoms with Crippen molar-refractivity contribution in [1.82, 2.24) is 4.90 Å². The van der Waals surface area contributed by atoms with E-state index >= 15 is 0 Å². The van der Waals surface area contributed by atoms with Crippen LogP contribution in [-0.4, -0.2) is 77.5 Å². The van der Waals surface area contributed by atoms with Crippen molar-refractivity contribution in [2.75, 3.05) is 4.90 Å². The number of carbonyl (C=O) groups is 3. The summed E-state index contributed by atoms with van der Waals surface area (Å²) in [4.78, 5) is 38.8. The van der Waals surface area contributed by atoms with E-state index in [1.54, 1.807) is 6.92 Å². The van der Waals surface area contributed by atoms with E-state index in [0.29, 0.717) is 11.1 Å². The minimum Gasteiger partial charge on any atom is -0.505 e. The third-order valence-electron chi connectivity index (χ3n) is 4.76. The van der Waals surface area contributed by atoms with Crippen LogP contribution in [0.4, 0.5) is 5.69 Å². The number of aryl methyl sites for hydroxylation is 1. The Morgan fingerprint density at radius 2 is 2.00 bits per heavy atom. The minimum absolute atomic E-state index is 0. The van der Waals surface area contributed by atoms with Gasteiger partial charge in [-0.25, -0.2) is 4.21 Å². The quantitative estimate of drug-likeness (QED) is 0.361. The molecule has 2 aliphatic rings. The first-order chi connectivity index (χ1) is 13.1. The van der Waals surface area contributed by atoms with Crippen molar-refractivity contribution in [3.63, 3.8) is 0 Å². The SMILES string of the molecule is CC(=O)N1c2c(ccc(C)c2O)C(=O)N2C=C(C=CC(N)=O)CC2C1S(=O)O.[Na]. The number of benzene rings is 1. The van der Waals surface area contributed by atoms with Gasteiger partial charge in [-0.3, -0.25) is 19.3 Å². The fourth-order valence-electron chi connectivity index (χ4n) is 3.51. The summed E-state index contributed by atoms with van der Waals surface area (Å²) in [5.41, 5.74) is 6.01. The van der Waals surface area contributed by atoms with E-state index in [1.807, 2.05) is 0 Å². The number of rotatable bonds is 3. The average Bonchev–Trinajstić information content (AvgIpc) is 2.99. The smallest absolute Gasteiger partial charge is 0.260 e. The third-order valence-corrected chi connectivity index (χ3v) is 5.70. The summed E-state index contributed by atoms with van der Waals surface area (Å²) in [6, 6.07) is 2.14. The Balaban J connectivity index is 0.00000300. The number of phenols is 1. The summed E-state index contributed by atoms with van der Waals surface area (Å²) in [6.07, 6.45) is 4.13. The number of hydrogen-bond acceptors (Lipinski definition) is 5. The zero-order valence-corrected chi connectivity index (χ0v) is 19.0. The van der Waals surface area contributed by atoms with Crippen molar-refractivity contribution in [2.45, 2.75) is 31.7 Å². The van der Waals surface area contributed by atoms with Gasteiger partial charge in [-0.2, -0.15) is 0 Å². The fourth-order valence-corrected chi connectivity index (χ4v) is 4.44. The zero-order chi connectivity index (χ0) is 20.7. The molecule has 29 heavy (non-hydrogen) atoms. The number of allylic oxidation sites excluding steroid dienone is 1. The predicted molar refractivity (Wildman–Crippen MR) is 107 cm³/mol. The van der Waals surface area contributed by atoms with Crippen molar-refractivity contribution in [1.29, 1.82) is 0 Å². The molecule has 149 valence electrons. The van der Waals surface area contributed by atoms with E-state index < -0.39 is 40.2 Å². The van der Waals surface area contributed by atoms with Gasteiger partial charge in [0.25, 0.3) is 5.91 Å². The number of amides is 3. The molecule has 0 spiro atoms. The standard InChI is InChI=1S/C18H19N3O6S.Na/c1-9-3-5-12-15(16(9)24)21(10(2)22)18(28(26)27)13-7-11(4-6-14(19)23)8-20(13)17(12)25;/h3-6,8,13,18,24H,7H2,1-2H3,(H2,19,23)(H,26,27);. The van der Waals surface area contributed by atoms with Crippen LogP contribution in [0, 0.1) is 6.92 Å². The number of anilines is 1. The van der Waals surface area contributed by atoms with Crippen LogP contribution >= 0.6 is 0 Å². The number of phenolic OH excluding ortho intramolecular Hbond substituents is 1. The largest absolute Gasteiger partial charge is 0.505 e. The molecule has 9 nitrogen and oxygen atoms in total. The van der Waals surface area contributed by atoms with Crippen molar-refractivity contribution in [3.8, 4) is 5.75 Å². The topological polar surface area (TPSA) is 141 Å². The normalized spacial score (nSPS) is 21.8. The van der Waals surface area contributed by atoms with Crippen molar-refractivity contribution in [3.05, 3.63) is 47.2 Å². The van der Waals surface area contributed by atoms with Gasteiger partial charge in [0.1, 0.15) is 11.4 Å². The fraction of sp³-hybridized carbons (Fsp3) is 0.278. The number of fused-ring (bicyclic) bond motifs is 2. The molecule has 0 saturated carbocycles. The Bertz CT molecular complexity index is 977. The summed E-state index contributed by atoms with van der Waals surface area (Å²) in [6.45, 7) is 2.80. The molecule has 3 amide bonds. The first-order valence-corrected chi connectivity index (χ1v) is 9.53. The van der Waals surface area contributed by atoms with Crippen molar-refractivity contribution >= 4 is 64.0 Å². The van der Waals surface area contributed by atoms with Gasteiger partial charge in [0, 0.05) is 48.8 Å². The van der Waals surface area contributed by atoms with E-state index in [9.17, 15) is 28.3 Å². The van der Waals surface area contributed by atoms with Crippen LogP contribution in [0.2, 0.25) is 0 Å². The Morgan fingerprint density at radius 3 is 2.55 bits per heavy atom. The molecular formula is C18H19N3NaO6S. The molecule has 4 N–H and O–H groups in total. The van der Waals surface area contributed by atoms with E-state index in [4.69, 9.17) is 5.73 Å². The first kappa shape index (κ1) is 23.3. The molecule has 0 bridgehead atoms. The first-order valence-electron chi connectivity index (χ1n) is 8.36. The molecule has 3 unspecified atom stereocenters. The number of hydrogen-bond donors (Lipinski definition) is 3. The van der Waals surface area contributed by atoms with Crippen LogP contribution in [0.5, 0.6) is 5.75 Å². The van der Waals surface area contributed by atoms with E-state index in [0.717, 1.165) is 11.0 Å². The van der Waals surface area contributed by atoms with Crippen LogP contribution < -0.4 is 10.6 Å². The Hall–Kier alpha value is -1.98. The number of carbonyl (C=O) groups excluding carboxylic acids is 3. The maximum absolute atomic E-state index is 13.1. The van der Waals surface area contributed by atoms with Gasteiger partial charge in [0.05, 0.1) is 11.6 Å². The van der Waals surface area contributed by atoms with Crippen LogP contribution in [0.25, 0.3) is 0 Å². The molecule has 0 saturated heterocycles.